The number of nitrogens with zero attached hydrogens (tertiary/aromatic N) is 3. The molecule has 0 saturated carbocycles. The largest absolute Gasteiger partial charge is 0.421 e. The van der Waals surface area contributed by atoms with E-state index in [1.54, 1.807) is 0 Å². The highest BCUT2D eigenvalue weighted by atomic mass is 16.4. The summed E-state index contributed by atoms with van der Waals surface area (Å²) in [7, 11) is 0. The molecule has 0 bridgehead atoms. The molecule has 122 valence electrons. The Morgan fingerprint density at radius 2 is 2.09 bits per heavy atom. The second-order valence-corrected chi connectivity index (χ2v) is 6.45. The SMILES string of the molecule is Cc1ccc(-c2nnc(CCC(=O)N3CCCC(C)C3)o2)cc1. The highest BCUT2D eigenvalue weighted by Gasteiger charge is 2.21. The molecule has 1 amide bonds. The first kappa shape index (κ1) is 15.7. The molecular weight excluding hydrogens is 290 g/mol. The van der Waals surface area contributed by atoms with Crippen molar-refractivity contribution in [1.82, 2.24) is 15.1 Å². The molecule has 5 heteroatoms. The Labute approximate surface area is 136 Å². The van der Waals surface area contributed by atoms with Crippen LogP contribution in [0.2, 0.25) is 0 Å². The Kier molecular flexibility index (Phi) is 4.74. The number of aromatic nitrogens is 2. The smallest absolute Gasteiger partial charge is 0.247 e. The minimum Gasteiger partial charge on any atom is -0.421 e. The number of likely N-dealkylation sites (tertiary alicyclic amines) is 1. The van der Waals surface area contributed by atoms with Crippen molar-refractivity contribution >= 4 is 5.91 Å². The Morgan fingerprint density at radius 1 is 1.30 bits per heavy atom. The number of amides is 1. The van der Waals surface area contributed by atoms with Crippen LogP contribution in [0.15, 0.2) is 28.7 Å². The fourth-order valence-electron chi connectivity index (χ4n) is 2.96. The standard InChI is InChI=1S/C18H23N3O2/c1-13-5-7-15(8-6-13)18-20-19-16(23-18)9-10-17(22)21-11-3-4-14(2)12-21/h5-8,14H,3-4,9-12H2,1-2H3. The summed E-state index contributed by atoms with van der Waals surface area (Å²) in [4.78, 5) is 14.2. The van der Waals surface area contributed by atoms with Gasteiger partial charge in [0.05, 0.1) is 0 Å². The van der Waals surface area contributed by atoms with E-state index in [0.29, 0.717) is 30.5 Å². The lowest BCUT2D eigenvalue weighted by Crippen LogP contribution is -2.39. The van der Waals surface area contributed by atoms with Crippen molar-refractivity contribution in [2.45, 2.75) is 39.5 Å². The van der Waals surface area contributed by atoms with E-state index in [1.807, 2.05) is 36.1 Å². The molecule has 1 aliphatic rings. The van der Waals surface area contributed by atoms with Gasteiger partial charge in [-0.1, -0.05) is 24.6 Å². The lowest BCUT2D eigenvalue weighted by molar-refractivity contribution is -0.132. The number of rotatable bonds is 4. The summed E-state index contributed by atoms with van der Waals surface area (Å²) in [5, 5.41) is 8.14. The van der Waals surface area contributed by atoms with Crippen LogP contribution in [0.1, 0.15) is 37.6 Å². The van der Waals surface area contributed by atoms with E-state index in [0.717, 1.165) is 25.1 Å². The van der Waals surface area contributed by atoms with E-state index in [4.69, 9.17) is 4.42 Å². The van der Waals surface area contributed by atoms with Crippen molar-refractivity contribution in [3.63, 3.8) is 0 Å². The molecule has 1 aromatic carbocycles. The van der Waals surface area contributed by atoms with Crippen molar-refractivity contribution in [1.29, 1.82) is 0 Å². The number of carbonyl (C=O) groups excluding carboxylic acids is 1. The molecule has 0 N–H and O–H groups in total. The van der Waals surface area contributed by atoms with E-state index < -0.39 is 0 Å². The van der Waals surface area contributed by atoms with Crippen LogP contribution >= 0.6 is 0 Å². The first-order chi connectivity index (χ1) is 11.1. The second kappa shape index (κ2) is 6.94. The third-order valence-electron chi connectivity index (χ3n) is 4.33. The molecule has 0 spiro atoms. The Bertz CT molecular complexity index is 663. The van der Waals surface area contributed by atoms with Crippen molar-refractivity contribution in [2.24, 2.45) is 5.92 Å². The van der Waals surface area contributed by atoms with Crippen LogP contribution in [0.25, 0.3) is 11.5 Å². The van der Waals surface area contributed by atoms with Crippen LogP contribution < -0.4 is 0 Å². The molecule has 23 heavy (non-hydrogen) atoms. The van der Waals surface area contributed by atoms with Gasteiger partial charge >= 0.3 is 0 Å². The predicted molar refractivity (Wildman–Crippen MR) is 87.8 cm³/mol. The molecule has 1 aromatic heterocycles. The first-order valence-corrected chi connectivity index (χ1v) is 8.29. The van der Waals surface area contributed by atoms with Gasteiger partial charge in [0.2, 0.25) is 17.7 Å². The van der Waals surface area contributed by atoms with Crippen LogP contribution in [0.4, 0.5) is 0 Å². The van der Waals surface area contributed by atoms with Gasteiger partial charge in [0.25, 0.3) is 0 Å². The van der Waals surface area contributed by atoms with E-state index in [9.17, 15) is 4.79 Å². The molecule has 2 heterocycles. The van der Waals surface area contributed by atoms with Gasteiger partial charge in [-0.15, -0.1) is 10.2 Å². The zero-order valence-corrected chi connectivity index (χ0v) is 13.8. The maximum atomic E-state index is 12.3. The van der Waals surface area contributed by atoms with Gasteiger partial charge in [0.15, 0.2) is 0 Å². The molecule has 1 fully saturated rings. The average Bonchev–Trinajstić information content (AvgIpc) is 3.02. The van der Waals surface area contributed by atoms with Crippen molar-refractivity contribution in [3.05, 3.63) is 35.7 Å². The Morgan fingerprint density at radius 3 is 2.83 bits per heavy atom. The molecule has 1 unspecified atom stereocenters. The number of benzene rings is 1. The molecule has 3 rings (SSSR count). The van der Waals surface area contributed by atoms with Crippen LogP contribution in [0, 0.1) is 12.8 Å². The van der Waals surface area contributed by atoms with Gasteiger partial charge in [0, 0.05) is 31.5 Å². The maximum absolute atomic E-state index is 12.3. The molecule has 2 aromatic rings. The lowest BCUT2D eigenvalue weighted by atomic mass is 10.00. The number of carbonyl (C=O) groups is 1. The predicted octanol–water partition coefficient (Wildman–Crippen LogP) is 3.24. The monoisotopic (exact) mass is 313 g/mol. The van der Waals surface area contributed by atoms with Crippen LogP contribution in [-0.2, 0) is 11.2 Å². The molecule has 0 aliphatic carbocycles. The number of hydrogen-bond acceptors (Lipinski definition) is 4. The normalized spacial score (nSPS) is 18.2. The average molecular weight is 313 g/mol. The fourth-order valence-corrected chi connectivity index (χ4v) is 2.96. The second-order valence-electron chi connectivity index (χ2n) is 6.45. The minimum absolute atomic E-state index is 0.187. The molecule has 0 radical (unpaired) electrons. The van der Waals surface area contributed by atoms with Gasteiger partial charge in [-0.2, -0.15) is 0 Å². The van der Waals surface area contributed by atoms with Gasteiger partial charge in [-0.05, 0) is 37.8 Å². The fraction of sp³-hybridized carbons (Fsp3) is 0.500. The molecule has 1 aliphatic heterocycles. The van der Waals surface area contributed by atoms with E-state index in [-0.39, 0.29) is 5.91 Å². The molecule has 1 atom stereocenters. The van der Waals surface area contributed by atoms with Crippen molar-refractivity contribution in [2.75, 3.05) is 13.1 Å². The zero-order valence-electron chi connectivity index (χ0n) is 13.8. The topological polar surface area (TPSA) is 59.2 Å². The lowest BCUT2D eigenvalue weighted by Gasteiger charge is -2.30. The van der Waals surface area contributed by atoms with Gasteiger partial charge in [0.1, 0.15) is 0 Å². The summed E-state index contributed by atoms with van der Waals surface area (Å²) >= 11 is 0. The number of piperidine rings is 1. The third-order valence-corrected chi connectivity index (χ3v) is 4.33. The first-order valence-electron chi connectivity index (χ1n) is 8.29. The summed E-state index contributed by atoms with van der Waals surface area (Å²) < 4.78 is 5.68. The van der Waals surface area contributed by atoms with Gasteiger partial charge < -0.3 is 9.32 Å². The van der Waals surface area contributed by atoms with Gasteiger partial charge in [-0.25, -0.2) is 0 Å². The van der Waals surface area contributed by atoms with Crippen LogP contribution in [0.3, 0.4) is 0 Å². The van der Waals surface area contributed by atoms with Gasteiger partial charge in [-0.3, -0.25) is 4.79 Å². The summed E-state index contributed by atoms with van der Waals surface area (Å²) in [5.41, 5.74) is 2.10. The number of aryl methyl sites for hydroxylation is 2. The zero-order chi connectivity index (χ0) is 16.2. The third kappa shape index (κ3) is 3.97. The quantitative estimate of drug-likeness (QED) is 0.869. The van der Waals surface area contributed by atoms with E-state index >= 15 is 0 Å². The summed E-state index contributed by atoms with van der Waals surface area (Å²) in [6.45, 7) is 5.99. The molecule has 1 saturated heterocycles. The van der Waals surface area contributed by atoms with E-state index in [2.05, 4.69) is 17.1 Å². The highest BCUT2D eigenvalue weighted by molar-refractivity contribution is 5.76. The number of hydrogen-bond donors (Lipinski definition) is 0. The minimum atomic E-state index is 0.187. The summed E-state index contributed by atoms with van der Waals surface area (Å²) in [6, 6.07) is 7.96. The summed E-state index contributed by atoms with van der Waals surface area (Å²) in [5.74, 6) is 1.83. The highest BCUT2D eigenvalue weighted by Crippen LogP contribution is 2.20. The van der Waals surface area contributed by atoms with Crippen molar-refractivity contribution < 1.29 is 9.21 Å². The van der Waals surface area contributed by atoms with Crippen LogP contribution in [-0.4, -0.2) is 34.1 Å². The van der Waals surface area contributed by atoms with Crippen molar-refractivity contribution in [3.8, 4) is 11.5 Å². The van der Waals surface area contributed by atoms with Crippen LogP contribution in [0.5, 0.6) is 0 Å². The summed E-state index contributed by atoms with van der Waals surface area (Å²) in [6.07, 6.45) is 3.25. The maximum Gasteiger partial charge on any atom is 0.247 e. The molecular formula is C18H23N3O2. The Hall–Kier alpha value is -2.17. The molecule has 5 nitrogen and oxygen atoms in total. The Balaban J connectivity index is 1.56. The van der Waals surface area contributed by atoms with E-state index in [1.165, 1.54) is 12.0 Å².